The lowest BCUT2D eigenvalue weighted by Gasteiger charge is -2.45. The van der Waals surface area contributed by atoms with Crippen molar-refractivity contribution in [2.75, 3.05) is 39.9 Å². The van der Waals surface area contributed by atoms with E-state index < -0.39 is 0 Å². The van der Waals surface area contributed by atoms with Gasteiger partial charge >= 0.3 is 0 Å². The summed E-state index contributed by atoms with van der Waals surface area (Å²) in [6, 6.07) is 6.25. The van der Waals surface area contributed by atoms with Crippen molar-refractivity contribution in [1.82, 2.24) is 25.0 Å². The number of rotatable bonds is 7. The number of pyridine rings is 1. The Morgan fingerprint density at radius 2 is 2.07 bits per heavy atom. The summed E-state index contributed by atoms with van der Waals surface area (Å²) in [4.78, 5) is 21.9. The van der Waals surface area contributed by atoms with E-state index in [1.54, 1.807) is 19.5 Å². The van der Waals surface area contributed by atoms with Crippen LogP contribution in [0.5, 0.6) is 0 Å². The van der Waals surface area contributed by atoms with Crippen molar-refractivity contribution >= 4 is 5.91 Å². The number of carbonyl (C=O) groups excluding carboxylic acids is 1. The van der Waals surface area contributed by atoms with Gasteiger partial charge in [0, 0.05) is 44.2 Å². The second-order valence-corrected chi connectivity index (χ2v) is 8.15. The zero-order chi connectivity index (χ0) is 20.1. The van der Waals surface area contributed by atoms with E-state index in [0.717, 1.165) is 17.8 Å². The molecule has 7 heteroatoms. The number of aromatic amines is 1. The second kappa shape index (κ2) is 9.50. The van der Waals surface area contributed by atoms with Crippen LogP contribution in [0.15, 0.2) is 30.6 Å². The standard InChI is InChI=1S/C22H31N5O2/c1-29-14-13-27(16-18-5-4-12-26-11-3-2-6-21(18)26)22(28)20-15-19(24-25-20)17-7-9-23-10-8-17/h7-10,15,18,21H,2-6,11-14,16H2,1H3,(H,24,25). The Labute approximate surface area is 172 Å². The lowest BCUT2D eigenvalue weighted by molar-refractivity contribution is 0.0313. The summed E-state index contributed by atoms with van der Waals surface area (Å²) in [5, 5.41) is 7.28. The number of fused-ring (bicyclic) bond motifs is 1. The van der Waals surface area contributed by atoms with Crippen molar-refractivity contribution in [2.45, 2.75) is 38.1 Å². The zero-order valence-corrected chi connectivity index (χ0v) is 17.2. The highest BCUT2D eigenvalue weighted by Crippen LogP contribution is 2.31. The summed E-state index contributed by atoms with van der Waals surface area (Å²) < 4.78 is 5.29. The number of nitrogens with zero attached hydrogens (tertiary/aromatic N) is 4. The van der Waals surface area contributed by atoms with Crippen LogP contribution in [-0.2, 0) is 4.74 Å². The first kappa shape index (κ1) is 20.0. The van der Waals surface area contributed by atoms with E-state index in [9.17, 15) is 4.79 Å². The molecule has 156 valence electrons. The molecule has 2 atom stereocenters. The molecule has 0 radical (unpaired) electrons. The van der Waals surface area contributed by atoms with Crippen molar-refractivity contribution in [3.05, 3.63) is 36.3 Å². The predicted molar refractivity (Wildman–Crippen MR) is 112 cm³/mol. The maximum atomic E-state index is 13.3. The van der Waals surface area contributed by atoms with Gasteiger partial charge in [-0.15, -0.1) is 0 Å². The molecule has 29 heavy (non-hydrogen) atoms. The van der Waals surface area contributed by atoms with Gasteiger partial charge in [-0.05, 0) is 62.9 Å². The highest BCUT2D eigenvalue weighted by molar-refractivity contribution is 5.93. The van der Waals surface area contributed by atoms with E-state index in [0.29, 0.717) is 30.8 Å². The maximum absolute atomic E-state index is 13.3. The number of H-pyrrole nitrogens is 1. The molecule has 2 fully saturated rings. The van der Waals surface area contributed by atoms with Crippen molar-refractivity contribution < 1.29 is 9.53 Å². The fourth-order valence-electron chi connectivity index (χ4n) is 4.82. The molecule has 2 saturated heterocycles. The van der Waals surface area contributed by atoms with Gasteiger partial charge < -0.3 is 14.5 Å². The Morgan fingerprint density at radius 1 is 1.24 bits per heavy atom. The largest absolute Gasteiger partial charge is 0.383 e. The molecule has 2 aromatic rings. The SMILES string of the molecule is COCCN(CC1CCCN2CCCCC12)C(=O)c1cc(-c2ccncc2)n[nH]1. The number of piperidine rings is 2. The number of amides is 1. The Kier molecular flexibility index (Phi) is 6.56. The molecule has 2 aliphatic rings. The lowest BCUT2D eigenvalue weighted by Crippen LogP contribution is -2.52. The van der Waals surface area contributed by atoms with Crippen LogP contribution < -0.4 is 0 Å². The number of methoxy groups -OCH3 is 1. The number of aromatic nitrogens is 3. The van der Waals surface area contributed by atoms with Gasteiger partial charge in [0.2, 0.25) is 0 Å². The van der Waals surface area contributed by atoms with Crippen LogP contribution in [-0.4, -0.2) is 76.8 Å². The molecule has 1 amide bonds. The van der Waals surface area contributed by atoms with Crippen LogP contribution in [0, 0.1) is 5.92 Å². The summed E-state index contributed by atoms with van der Waals surface area (Å²) >= 11 is 0. The minimum Gasteiger partial charge on any atom is -0.383 e. The Bertz CT molecular complexity index is 792. The third-order valence-electron chi connectivity index (χ3n) is 6.32. The van der Waals surface area contributed by atoms with Crippen molar-refractivity contribution in [3.8, 4) is 11.3 Å². The smallest absolute Gasteiger partial charge is 0.271 e. The molecule has 0 saturated carbocycles. The lowest BCUT2D eigenvalue weighted by atomic mass is 9.83. The zero-order valence-electron chi connectivity index (χ0n) is 17.2. The monoisotopic (exact) mass is 397 g/mol. The molecule has 2 aromatic heterocycles. The number of ether oxygens (including phenoxy) is 1. The summed E-state index contributed by atoms with van der Waals surface area (Å²) in [6.07, 6.45) is 9.76. The van der Waals surface area contributed by atoms with Gasteiger partial charge in [0.05, 0.1) is 12.3 Å². The molecule has 7 nitrogen and oxygen atoms in total. The number of hydrogen-bond donors (Lipinski definition) is 1. The average Bonchev–Trinajstić information content (AvgIpc) is 3.27. The first-order valence-corrected chi connectivity index (χ1v) is 10.7. The van der Waals surface area contributed by atoms with Crippen molar-refractivity contribution in [3.63, 3.8) is 0 Å². The van der Waals surface area contributed by atoms with E-state index in [1.807, 2.05) is 23.1 Å². The van der Waals surface area contributed by atoms with E-state index in [4.69, 9.17) is 4.74 Å². The average molecular weight is 398 g/mol. The predicted octanol–water partition coefficient (Wildman–Crippen LogP) is 2.82. The van der Waals surface area contributed by atoms with Crippen LogP contribution in [0.2, 0.25) is 0 Å². The number of carbonyl (C=O) groups is 1. The topological polar surface area (TPSA) is 74.3 Å². The van der Waals surface area contributed by atoms with E-state index in [1.165, 1.54) is 45.2 Å². The Hall–Kier alpha value is -2.25. The number of hydrogen-bond acceptors (Lipinski definition) is 5. The molecular formula is C22H31N5O2. The van der Waals surface area contributed by atoms with Crippen molar-refractivity contribution in [2.24, 2.45) is 5.92 Å². The van der Waals surface area contributed by atoms with Gasteiger partial charge in [-0.3, -0.25) is 14.9 Å². The van der Waals surface area contributed by atoms with Gasteiger partial charge in [0.1, 0.15) is 5.69 Å². The maximum Gasteiger partial charge on any atom is 0.271 e. The normalized spacial score (nSPS) is 22.2. The minimum atomic E-state index is 0.00258. The first-order valence-electron chi connectivity index (χ1n) is 10.7. The summed E-state index contributed by atoms with van der Waals surface area (Å²) in [7, 11) is 1.68. The van der Waals surface area contributed by atoms with E-state index in [-0.39, 0.29) is 5.91 Å². The fourth-order valence-corrected chi connectivity index (χ4v) is 4.82. The minimum absolute atomic E-state index is 0.00258. The van der Waals surface area contributed by atoms with Crippen LogP contribution >= 0.6 is 0 Å². The third-order valence-corrected chi connectivity index (χ3v) is 6.32. The summed E-state index contributed by atoms with van der Waals surface area (Å²) in [5.74, 6) is 0.537. The molecule has 4 rings (SSSR count). The molecule has 1 N–H and O–H groups in total. The molecule has 0 bridgehead atoms. The van der Waals surface area contributed by atoms with Gasteiger partial charge in [0.25, 0.3) is 5.91 Å². The Morgan fingerprint density at radius 3 is 2.90 bits per heavy atom. The molecule has 0 spiro atoms. The fraction of sp³-hybridized carbons (Fsp3) is 0.591. The summed E-state index contributed by atoms with van der Waals surface area (Å²) in [5.41, 5.74) is 2.24. The molecular weight excluding hydrogens is 366 g/mol. The van der Waals surface area contributed by atoms with E-state index in [2.05, 4.69) is 20.1 Å². The molecule has 2 aliphatic heterocycles. The van der Waals surface area contributed by atoms with Crippen LogP contribution in [0.25, 0.3) is 11.3 Å². The van der Waals surface area contributed by atoms with E-state index >= 15 is 0 Å². The highest BCUT2D eigenvalue weighted by Gasteiger charge is 2.35. The first-order chi connectivity index (χ1) is 14.3. The Balaban J connectivity index is 1.49. The highest BCUT2D eigenvalue weighted by atomic mass is 16.5. The van der Waals surface area contributed by atoms with Gasteiger partial charge in [0.15, 0.2) is 0 Å². The second-order valence-electron chi connectivity index (χ2n) is 8.15. The van der Waals surface area contributed by atoms with Crippen LogP contribution in [0.1, 0.15) is 42.6 Å². The summed E-state index contributed by atoms with van der Waals surface area (Å²) in [6.45, 7) is 4.35. The third kappa shape index (κ3) is 4.67. The molecule has 2 unspecified atom stereocenters. The number of nitrogens with one attached hydrogen (secondary N) is 1. The van der Waals surface area contributed by atoms with Gasteiger partial charge in [-0.1, -0.05) is 6.42 Å². The quantitative estimate of drug-likeness (QED) is 0.778. The molecule has 4 heterocycles. The van der Waals surface area contributed by atoms with Crippen LogP contribution in [0.4, 0.5) is 0 Å². The molecule has 0 aromatic carbocycles. The van der Waals surface area contributed by atoms with Gasteiger partial charge in [-0.2, -0.15) is 5.10 Å². The molecule has 0 aliphatic carbocycles. The van der Waals surface area contributed by atoms with Gasteiger partial charge in [-0.25, -0.2) is 0 Å². The van der Waals surface area contributed by atoms with Crippen LogP contribution in [0.3, 0.4) is 0 Å². The van der Waals surface area contributed by atoms with Crippen molar-refractivity contribution in [1.29, 1.82) is 0 Å².